The van der Waals surface area contributed by atoms with Gasteiger partial charge in [0.15, 0.2) is 0 Å². The van der Waals surface area contributed by atoms with E-state index in [1.165, 1.54) is 0 Å². The molecule has 6 nitrogen and oxygen atoms in total. The number of aliphatic imine (C=N–C) groups is 1. The third-order valence-corrected chi connectivity index (χ3v) is 6.18. The quantitative estimate of drug-likeness (QED) is 0.725. The molecule has 0 radical (unpaired) electrons. The molecule has 1 N–H and O–H groups in total. The van der Waals surface area contributed by atoms with Crippen LogP contribution in [0.2, 0.25) is 0 Å². The largest absolute Gasteiger partial charge is 0.506 e. The predicted octanol–water partition coefficient (Wildman–Crippen LogP) is 4.07. The van der Waals surface area contributed by atoms with Crippen molar-refractivity contribution in [3.8, 4) is 0 Å². The second kappa shape index (κ2) is 9.06. The van der Waals surface area contributed by atoms with E-state index in [4.69, 9.17) is 9.47 Å². The van der Waals surface area contributed by atoms with E-state index < -0.39 is 5.97 Å². The minimum absolute atomic E-state index is 0.0108. The molecule has 27 heavy (non-hydrogen) atoms. The van der Waals surface area contributed by atoms with Gasteiger partial charge in [-0.3, -0.25) is 4.79 Å². The molecule has 0 spiro atoms. The Bertz CT molecular complexity index is 690. The highest BCUT2D eigenvalue weighted by atomic mass is 32.2. The molecule has 1 aliphatic carbocycles. The fourth-order valence-electron chi connectivity index (χ4n) is 3.67. The molecule has 3 aliphatic rings. The van der Waals surface area contributed by atoms with Crippen LogP contribution in [0.15, 0.2) is 27.3 Å². The number of aliphatic hydroxyl groups is 1. The highest BCUT2D eigenvalue weighted by molar-refractivity contribution is 8.18. The van der Waals surface area contributed by atoms with E-state index in [-0.39, 0.29) is 47.0 Å². The van der Waals surface area contributed by atoms with E-state index >= 15 is 0 Å². The van der Waals surface area contributed by atoms with Gasteiger partial charge in [-0.2, -0.15) is 0 Å². The summed E-state index contributed by atoms with van der Waals surface area (Å²) in [6.07, 6.45) is 8.58. The van der Waals surface area contributed by atoms with Crippen molar-refractivity contribution in [1.82, 2.24) is 0 Å². The number of carbonyl (C=O) groups excluding carboxylic acids is 2. The zero-order valence-electron chi connectivity index (χ0n) is 15.9. The summed E-state index contributed by atoms with van der Waals surface area (Å²) in [5.74, 6) is -1.12. The second-order valence-corrected chi connectivity index (χ2v) is 8.26. The first kappa shape index (κ1) is 20.1. The normalized spacial score (nSPS) is 29.7. The Kier molecular flexibility index (Phi) is 6.76. The van der Waals surface area contributed by atoms with Crippen LogP contribution in [0, 0.1) is 5.92 Å². The lowest BCUT2D eigenvalue weighted by atomic mass is 9.89. The maximum atomic E-state index is 12.6. The molecule has 1 amide bonds. The van der Waals surface area contributed by atoms with Gasteiger partial charge in [0.25, 0.3) is 0 Å². The van der Waals surface area contributed by atoms with Gasteiger partial charge in [0.2, 0.25) is 5.91 Å². The van der Waals surface area contributed by atoms with Gasteiger partial charge >= 0.3 is 5.97 Å². The summed E-state index contributed by atoms with van der Waals surface area (Å²) in [6, 6.07) is 0. The van der Waals surface area contributed by atoms with Crippen molar-refractivity contribution >= 4 is 28.7 Å². The summed E-state index contributed by atoms with van der Waals surface area (Å²) in [6.45, 7) is 3.90. The molecular weight excluding hydrogens is 366 g/mol. The Labute approximate surface area is 164 Å². The fraction of sp³-hybridized carbons (Fsp3) is 0.650. The summed E-state index contributed by atoms with van der Waals surface area (Å²) in [5, 5.41) is 10.8. The standard InChI is InChI=1S/C20H27NO5S/c1-3-25-20(24)16-17(22)15(11-14-10-9-12(2)26-14)27-19(16)21-18(23)13-7-5-4-6-8-13/h11-14,22H,3-10H2,1-2H3/b15-11-,21-19?. The predicted molar refractivity (Wildman–Crippen MR) is 105 cm³/mol. The molecule has 7 heteroatoms. The molecule has 0 aromatic carbocycles. The van der Waals surface area contributed by atoms with Crippen LogP contribution in [0.3, 0.4) is 0 Å². The molecule has 2 aliphatic heterocycles. The average molecular weight is 394 g/mol. The first-order valence-electron chi connectivity index (χ1n) is 9.78. The number of rotatable bonds is 4. The van der Waals surface area contributed by atoms with Gasteiger partial charge in [0.1, 0.15) is 16.4 Å². The zero-order valence-corrected chi connectivity index (χ0v) is 16.7. The molecule has 1 saturated heterocycles. The number of ether oxygens (including phenoxy) is 2. The number of thioether (sulfide) groups is 1. The third-order valence-electron chi connectivity index (χ3n) is 5.14. The SMILES string of the molecule is CCOC(=O)C1=C(O)/C(=C/C2CCC(C)O2)SC1=NC(=O)C1CCCCC1. The van der Waals surface area contributed by atoms with Crippen LogP contribution in [-0.4, -0.2) is 40.8 Å². The first-order valence-corrected chi connectivity index (χ1v) is 10.6. The van der Waals surface area contributed by atoms with Crippen molar-refractivity contribution in [1.29, 1.82) is 0 Å². The number of amides is 1. The Balaban J connectivity index is 1.85. The number of esters is 1. The van der Waals surface area contributed by atoms with Crippen LogP contribution in [0.4, 0.5) is 0 Å². The van der Waals surface area contributed by atoms with Gasteiger partial charge in [-0.15, -0.1) is 0 Å². The number of carbonyl (C=O) groups is 2. The lowest BCUT2D eigenvalue weighted by Gasteiger charge is -2.18. The summed E-state index contributed by atoms with van der Waals surface area (Å²) in [5.41, 5.74) is -0.0108. The maximum absolute atomic E-state index is 12.6. The van der Waals surface area contributed by atoms with Crippen molar-refractivity contribution in [2.45, 2.75) is 71.0 Å². The molecule has 2 unspecified atom stereocenters. The number of nitrogens with zero attached hydrogens (tertiary/aromatic N) is 1. The molecule has 2 fully saturated rings. The van der Waals surface area contributed by atoms with Crippen molar-refractivity contribution in [3.63, 3.8) is 0 Å². The van der Waals surface area contributed by atoms with Gasteiger partial charge < -0.3 is 14.6 Å². The van der Waals surface area contributed by atoms with Gasteiger partial charge in [-0.05, 0) is 45.6 Å². The van der Waals surface area contributed by atoms with Crippen molar-refractivity contribution in [3.05, 3.63) is 22.3 Å². The molecule has 0 bridgehead atoms. The van der Waals surface area contributed by atoms with Crippen LogP contribution >= 0.6 is 11.8 Å². The van der Waals surface area contributed by atoms with Gasteiger partial charge in [0, 0.05) is 5.92 Å². The molecule has 148 valence electrons. The lowest BCUT2D eigenvalue weighted by molar-refractivity contribution is -0.138. The Hall–Kier alpha value is -1.60. The highest BCUT2D eigenvalue weighted by Gasteiger charge is 2.35. The second-order valence-electron chi connectivity index (χ2n) is 7.23. The van der Waals surface area contributed by atoms with Crippen molar-refractivity contribution in [2.75, 3.05) is 6.61 Å². The van der Waals surface area contributed by atoms with Crippen LogP contribution in [0.5, 0.6) is 0 Å². The van der Waals surface area contributed by atoms with Gasteiger partial charge in [0.05, 0.1) is 23.7 Å². The lowest BCUT2D eigenvalue weighted by Crippen LogP contribution is -2.19. The van der Waals surface area contributed by atoms with E-state index in [0.29, 0.717) is 4.91 Å². The summed E-state index contributed by atoms with van der Waals surface area (Å²) >= 11 is 1.15. The van der Waals surface area contributed by atoms with E-state index in [1.807, 2.05) is 13.0 Å². The molecule has 0 aromatic rings. The first-order chi connectivity index (χ1) is 13.0. The maximum Gasteiger partial charge on any atom is 0.344 e. The molecule has 3 rings (SSSR count). The summed E-state index contributed by atoms with van der Waals surface area (Å²) in [7, 11) is 0. The topological polar surface area (TPSA) is 85.2 Å². The number of aliphatic hydroxyl groups excluding tert-OH is 1. The van der Waals surface area contributed by atoms with Gasteiger partial charge in [-0.1, -0.05) is 31.0 Å². The number of hydrogen-bond donors (Lipinski definition) is 1. The minimum Gasteiger partial charge on any atom is -0.506 e. The third kappa shape index (κ3) is 4.82. The molecule has 2 atom stereocenters. The van der Waals surface area contributed by atoms with Crippen LogP contribution < -0.4 is 0 Å². The van der Waals surface area contributed by atoms with Crippen LogP contribution in [0.1, 0.15) is 58.8 Å². The number of hydrogen-bond acceptors (Lipinski definition) is 6. The molecule has 0 aromatic heterocycles. The van der Waals surface area contributed by atoms with E-state index in [2.05, 4.69) is 4.99 Å². The van der Waals surface area contributed by atoms with E-state index in [9.17, 15) is 14.7 Å². The van der Waals surface area contributed by atoms with Gasteiger partial charge in [-0.25, -0.2) is 9.79 Å². The van der Waals surface area contributed by atoms with E-state index in [1.54, 1.807) is 6.92 Å². The zero-order chi connectivity index (χ0) is 19.4. The van der Waals surface area contributed by atoms with Crippen LogP contribution in [0.25, 0.3) is 0 Å². The molecule has 2 heterocycles. The highest BCUT2D eigenvalue weighted by Crippen LogP contribution is 2.40. The van der Waals surface area contributed by atoms with Crippen LogP contribution in [-0.2, 0) is 19.1 Å². The minimum atomic E-state index is -0.651. The Morgan fingerprint density at radius 2 is 2.00 bits per heavy atom. The molecule has 1 saturated carbocycles. The smallest absolute Gasteiger partial charge is 0.344 e. The molecular formula is C20H27NO5S. The summed E-state index contributed by atoms with van der Waals surface area (Å²) < 4.78 is 10.8. The fourth-order valence-corrected chi connectivity index (χ4v) is 4.72. The average Bonchev–Trinajstić information content (AvgIpc) is 3.19. The Morgan fingerprint density at radius 3 is 2.63 bits per heavy atom. The van der Waals surface area contributed by atoms with E-state index in [0.717, 1.165) is 56.7 Å². The van der Waals surface area contributed by atoms with Crippen molar-refractivity contribution in [2.24, 2.45) is 10.9 Å². The Morgan fingerprint density at radius 1 is 1.26 bits per heavy atom. The monoisotopic (exact) mass is 393 g/mol. The van der Waals surface area contributed by atoms with Crippen molar-refractivity contribution < 1.29 is 24.2 Å². The summed E-state index contributed by atoms with van der Waals surface area (Å²) in [4.78, 5) is 29.7.